The summed E-state index contributed by atoms with van der Waals surface area (Å²) >= 11 is 0. The van der Waals surface area contributed by atoms with Crippen molar-refractivity contribution in [2.75, 3.05) is 17.3 Å². The van der Waals surface area contributed by atoms with Crippen molar-refractivity contribution in [2.24, 2.45) is 25.9 Å². The van der Waals surface area contributed by atoms with E-state index in [4.69, 9.17) is 0 Å². The number of nitrogens with one attached hydrogen (secondary N) is 1. The largest absolute Gasteiger partial charge is 0.852 e. The normalized spacial score (nSPS) is 28.3. The van der Waals surface area contributed by atoms with Crippen molar-refractivity contribution in [1.29, 1.82) is 0 Å². The molecule has 2 heterocycles. The monoisotopic (exact) mass is 344 g/mol. The average Bonchev–Trinajstić information content (AvgIpc) is 3.20. The minimum Gasteiger partial charge on any atom is -0.852 e. The van der Waals surface area contributed by atoms with Gasteiger partial charge in [0.2, 0.25) is 0 Å². The molecule has 0 aromatic carbocycles. The van der Waals surface area contributed by atoms with Gasteiger partial charge in [-0.1, -0.05) is 12.3 Å². The number of hydrogen-bond donors (Lipinski definition) is 1. The van der Waals surface area contributed by atoms with Gasteiger partial charge in [-0.15, -0.1) is 11.1 Å². The van der Waals surface area contributed by atoms with Crippen LogP contribution in [0.25, 0.3) is 11.2 Å². The molecule has 0 saturated heterocycles. The van der Waals surface area contributed by atoms with E-state index in [2.05, 4.69) is 57.3 Å². The highest BCUT2D eigenvalue weighted by atomic mass is 16.3. The van der Waals surface area contributed by atoms with Crippen molar-refractivity contribution in [1.82, 2.24) is 14.5 Å². The van der Waals surface area contributed by atoms with Gasteiger partial charge in [0.25, 0.3) is 5.65 Å². The quantitative estimate of drug-likeness (QED) is 0.821. The predicted octanol–water partition coefficient (Wildman–Crippen LogP) is 0.577. The van der Waals surface area contributed by atoms with Crippen LogP contribution < -0.4 is 19.9 Å². The van der Waals surface area contributed by atoms with Crippen molar-refractivity contribution in [3.05, 3.63) is 6.33 Å². The molecular weight excluding hydrogens is 316 g/mol. The van der Waals surface area contributed by atoms with Crippen LogP contribution in [0.1, 0.15) is 33.1 Å². The van der Waals surface area contributed by atoms with Gasteiger partial charge in [0.15, 0.2) is 17.7 Å². The van der Waals surface area contributed by atoms with Gasteiger partial charge in [-0.2, -0.15) is 0 Å². The first-order valence-electron chi connectivity index (χ1n) is 9.23. The number of hydrogen-bond acceptors (Lipinski definition) is 5. The Morgan fingerprint density at radius 2 is 2.04 bits per heavy atom. The Labute approximate surface area is 148 Å². The molecular formula is C18H28N6O. The smallest absolute Gasteiger partial charge is 0.319 e. The van der Waals surface area contributed by atoms with E-state index in [-0.39, 0.29) is 6.10 Å². The van der Waals surface area contributed by atoms with Crippen molar-refractivity contribution in [2.45, 2.75) is 51.3 Å². The third-order valence-corrected chi connectivity index (χ3v) is 6.26. The molecule has 7 nitrogen and oxygen atoms in total. The van der Waals surface area contributed by atoms with Crippen LogP contribution in [0, 0.1) is 11.8 Å². The molecule has 2 saturated carbocycles. The lowest BCUT2D eigenvalue weighted by molar-refractivity contribution is -0.634. The Morgan fingerprint density at radius 3 is 2.64 bits per heavy atom. The van der Waals surface area contributed by atoms with E-state index in [1.807, 2.05) is 7.05 Å². The van der Waals surface area contributed by atoms with Crippen LogP contribution in [0.5, 0.6) is 0 Å². The van der Waals surface area contributed by atoms with E-state index in [9.17, 15) is 5.11 Å². The molecule has 0 aliphatic heterocycles. The molecule has 2 aromatic rings. The molecule has 2 aliphatic rings. The third kappa shape index (κ3) is 2.47. The number of imidazole rings is 1. The molecule has 2 fully saturated rings. The minimum atomic E-state index is -0.354. The van der Waals surface area contributed by atoms with Gasteiger partial charge in [-0.25, -0.2) is 14.1 Å². The summed E-state index contributed by atoms with van der Waals surface area (Å²) in [5.74, 6) is 2.81. The van der Waals surface area contributed by atoms with Crippen LogP contribution in [-0.4, -0.2) is 39.8 Å². The first-order chi connectivity index (χ1) is 11.9. The zero-order valence-electron chi connectivity index (χ0n) is 15.7. The summed E-state index contributed by atoms with van der Waals surface area (Å²) in [6.45, 7) is 4.36. The second kappa shape index (κ2) is 5.83. The molecule has 0 radical (unpaired) electrons. The lowest BCUT2D eigenvalue weighted by Crippen LogP contribution is -2.40. The Morgan fingerprint density at radius 1 is 1.28 bits per heavy atom. The topological polar surface area (TPSA) is 72.9 Å². The molecule has 2 bridgehead atoms. The van der Waals surface area contributed by atoms with Gasteiger partial charge in [0, 0.05) is 20.1 Å². The van der Waals surface area contributed by atoms with Gasteiger partial charge in [0.1, 0.15) is 0 Å². The van der Waals surface area contributed by atoms with E-state index >= 15 is 0 Å². The van der Waals surface area contributed by atoms with Gasteiger partial charge >= 0.3 is 5.95 Å². The van der Waals surface area contributed by atoms with Crippen molar-refractivity contribution in [3.8, 4) is 0 Å². The Hall–Kier alpha value is -1.89. The number of aryl methyl sites for hydroxylation is 2. The number of rotatable bonds is 4. The molecule has 136 valence electrons. The second-order valence-electron chi connectivity index (χ2n) is 8.03. The Balaban J connectivity index is 1.72. The Bertz CT molecular complexity index is 798. The van der Waals surface area contributed by atoms with E-state index in [0.717, 1.165) is 42.2 Å². The molecule has 7 heteroatoms. The fourth-order valence-corrected chi connectivity index (χ4v) is 4.73. The zero-order valence-corrected chi connectivity index (χ0v) is 15.7. The standard InChI is InChI=1S/C18H28N6O/c1-10(2)22(3)18-23(4)15-16(19-9-20-17(15)24(18)5)21-13-7-12-6-11(13)8-14(12)25/h9-14H,6-8H2,1-5H3,(H,19,20,21)/t11-,12-,13-,14-/m0/s1. The van der Waals surface area contributed by atoms with Crippen LogP contribution in [0.2, 0.25) is 0 Å². The van der Waals surface area contributed by atoms with Crippen LogP contribution in [-0.2, 0) is 14.1 Å². The van der Waals surface area contributed by atoms with E-state index in [1.165, 1.54) is 0 Å². The summed E-state index contributed by atoms with van der Waals surface area (Å²) in [6, 6.07) is 0.748. The first-order valence-corrected chi connectivity index (χ1v) is 9.23. The number of aromatic nitrogens is 4. The highest BCUT2D eigenvalue weighted by Crippen LogP contribution is 2.45. The molecule has 1 N–H and O–H groups in total. The highest BCUT2D eigenvalue weighted by Gasteiger charge is 2.42. The van der Waals surface area contributed by atoms with Crippen molar-refractivity contribution in [3.63, 3.8) is 0 Å². The van der Waals surface area contributed by atoms with Gasteiger partial charge in [-0.05, 0) is 32.6 Å². The van der Waals surface area contributed by atoms with Crippen molar-refractivity contribution >= 4 is 22.9 Å². The number of nitrogens with zero attached hydrogens (tertiary/aromatic N) is 5. The van der Waals surface area contributed by atoms with E-state index in [1.54, 1.807) is 6.33 Å². The molecule has 25 heavy (non-hydrogen) atoms. The molecule has 2 aromatic heterocycles. The second-order valence-corrected chi connectivity index (χ2v) is 8.03. The molecule has 0 unspecified atom stereocenters. The first kappa shape index (κ1) is 16.6. The van der Waals surface area contributed by atoms with Crippen molar-refractivity contribution < 1.29 is 9.67 Å². The van der Waals surface area contributed by atoms with E-state index in [0.29, 0.717) is 23.9 Å². The summed E-state index contributed by atoms with van der Waals surface area (Å²) < 4.78 is 4.29. The van der Waals surface area contributed by atoms with Crippen LogP contribution in [0.3, 0.4) is 0 Å². The maximum Gasteiger partial charge on any atom is 0.319 e. The third-order valence-electron chi connectivity index (χ3n) is 6.26. The van der Waals surface area contributed by atoms with E-state index < -0.39 is 0 Å². The van der Waals surface area contributed by atoms with Crippen LogP contribution in [0.15, 0.2) is 6.33 Å². The SMILES string of the molecule is CC(C)N(C)c1n(C)c2c(N[C@H]3C[C@@H]4C[C@H]3C[C@@H]4[O-])ncnc2[n+]1C. The zero-order chi connectivity index (χ0) is 17.9. The lowest BCUT2D eigenvalue weighted by atomic mass is 9.93. The van der Waals surface area contributed by atoms with Crippen LogP contribution in [0.4, 0.5) is 11.8 Å². The Kier molecular flexibility index (Phi) is 3.86. The maximum atomic E-state index is 11.9. The molecule has 2 aliphatic carbocycles. The highest BCUT2D eigenvalue weighted by molar-refractivity contribution is 5.82. The lowest BCUT2D eigenvalue weighted by Gasteiger charge is -2.32. The van der Waals surface area contributed by atoms with Gasteiger partial charge in [0.05, 0.1) is 13.1 Å². The fourth-order valence-electron chi connectivity index (χ4n) is 4.73. The number of anilines is 2. The summed E-state index contributed by atoms with van der Waals surface area (Å²) in [5, 5.41) is 15.5. The average molecular weight is 344 g/mol. The fraction of sp³-hybridized carbons (Fsp3) is 0.722. The summed E-state index contributed by atoms with van der Waals surface area (Å²) in [6.07, 6.45) is 4.13. The van der Waals surface area contributed by atoms with Gasteiger partial charge in [-0.3, -0.25) is 4.90 Å². The molecule has 0 amide bonds. The number of fused-ring (bicyclic) bond motifs is 3. The molecule has 0 spiro atoms. The summed E-state index contributed by atoms with van der Waals surface area (Å²) in [4.78, 5) is 11.3. The minimum absolute atomic E-state index is 0.340. The summed E-state index contributed by atoms with van der Waals surface area (Å²) in [5.41, 5.74) is 1.95. The molecule has 4 atom stereocenters. The molecule has 4 rings (SSSR count). The van der Waals surface area contributed by atoms with Crippen LogP contribution >= 0.6 is 0 Å². The summed E-state index contributed by atoms with van der Waals surface area (Å²) in [7, 11) is 6.22. The predicted molar refractivity (Wildman–Crippen MR) is 95.3 cm³/mol. The van der Waals surface area contributed by atoms with Gasteiger partial charge < -0.3 is 10.4 Å². The maximum absolute atomic E-state index is 11.9.